The van der Waals surface area contributed by atoms with Crippen molar-refractivity contribution in [3.05, 3.63) is 18.2 Å². The molecule has 1 rings (SSSR count). The minimum absolute atomic E-state index is 0.109. The summed E-state index contributed by atoms with van der Waals surface area (Å²) in [5.74, 6) is -2.29. The van der Waals surface area contributed by atoms with Gasteiger partial charge in [-0.1, -0.05) is 0 Å². The highest BCUT2D eigenvalue weighted by Gasteiger charge is 2.25. The number of H-pyrrole nitrogens is 1. The molecule has 10 heteroatoms. The smallest absolute Gasteiger partial charge is 0.303 e. The molecule has 0 bridgehead atoms. The molecule has 1 amide bonds. The largest absolute Gasteiger partial charge is 0.481 e. The predicted molar refractivity (Wildman–Crippen MR) is 74.7 cm³/mol. The Hall–Kier alpha value is -1.70. The zero-order valence-corrected chi connectivity index (χ0v) is 12.7. The van der Waals surface area contributed by atoms with Crippen LogP contribution in [-0.2, 0) is 9.36 Å². The van der Waals surface area contributed by atoms with Gasteiger partial charge in [0.2, 0.25) is 0 Å². The van der Waals surface area contributed by atoms with Crippen LogP contribution in [-0.4, -0.2) is 63.0 Å². The third kappa shape index (κ3) is 5.66. The van der Waals surface area contributed by atoms with Gasteiger partial charge in [0.1, 0.15) is 5.69 Å². The molecule has 1 unspecified atom stereocenters. The van der Waals surface area contributed by atoms with Gasteiger partial charge in [-0.25, -0.2) is 10.0 Å². The second-order valence-electron chi connectivity index (χ2n) is 4.91. The van der Waals surface area contributed by atoms with Crippen molar-refractivity contribution < 1.29 is 24.5 Å². The summed E-state index contributed by atoms with van der Waals surface area (Å²) >= 11 is 0. The second-order valence-corrected chi connectivity index (χ2v) is 8.41. The third-order valence-corrected chi connectivity index (χ3v) is 4.76. The van der Waals surface area contributed by atoms with E-state index in [0.29, 0.717) is 5.06 Å². The van der Waals surface area contributed by atoms with Crippen LogP contribution in [0.5, 0.6) is 0 Å². The standard InChI is InChI=1S/C11H19N4O5P/c1-21(2,20)9(3-4-10(16)17)14-7-15(19)11(18)8-5-12-6-13-8/h5-6,9,14,19H,3-4,7H2,1-2H3,(H,12,13)(H,16,17). The van der Waals surface area contributed by atoms with Crippen molar-refractivity contribution in [1.82, 2.24) is 20.3 Å². The Morgan fingerprint density at radius 2 is 2.19 bits per heavy atom. The molecule has 0 aromatic carbocycles. The highest BCUT2D eigenvalue weighted by atomic mass is 31.2. The van der Waals surface area contributed by atoms with E-state index in [-0.39, 0.29) is 25.2 Å². The number of imidazole rings is 1. The predicted octanol–water partition coefficient (Wildman–Crippen LogP) is 0.602. The summed E-state index contributed by atoms with van der Waals surface area (Å²) < 4.78 is 12.1. The summed E-state index contributed by atoms with van der Waals surface area (Å²) in [6.45, 7) is 2.77. The summed E-state index contributed by atoms with van der Waals surface area (Å²) in [4.78, 5) is 28.5. The number of aromatic nitrogens is 2. The Kier molecular flexibility index (Phi) is 6.07. The van der Waals surface area contributed by atoms with E-state index in [9.17, 15) is 19.4 Å². The van der Waals surface area contributed by atoms with E-state index in [1.54, 1.807) is 0 Å². The molecule has 0 spiro atoms. The molecule has 0 radical (unpaired) electrons. The molecule has 21 heavy (non-hydrogen) atoms. The first-order valence-corrected chi connectivity index (χ1v) is 8.88. The molecule has 0 fully saturated rings. The number of carbonyl (C=O) groups excluding carboxylic acids is 1. The number of hydroxylamine groups is 2. The van der Waals surface area contributed by atoms with Gasteiger partial charge in [0.15, 0.2) is 0 Å². The fourth-order valence-corrected chi connectivity index (χ4v) is 2.94. The maximum absolute atomic E-state index is 12.1. The number of carbonyl (C=O) groups is 2. The normalized spacial score (nSPS) is 12.9. The number of aromatic amines is 1. The fourth-order valence-electron chi connectivity index (χ4n) is 1.67. The van der Waals surface area contributed by atoms with E-state index in [4.69, 9.17) is 5.11 Å². The first-order chi connectivity index (χ1) is 9.71. The lowest BCUT2D eigenvalue weighted by Crippen LogP contribution is -2.41. The number of hydrogen-bond donors (Lipinski definition) is 4. The van der Waals surface area contributed by atoms with E-state index in [0.717, 1.165) is 0 Å². The number of carboxylic acid groups (broad SMARTS) is 1. The topological polar surface area (TPSA) is 136 Å². The van der Waals surface area contributed by atoms with Crippen molar-refractivity contribution in [2.75, 3.05) is 20.0 Å². The maximum atomic E-state index is 12.1. The van der Waals surface area contributed by atoms with Crippen LogP contribution in [0.2, 0.25) is 0 Å². The first-order valence-electron chi connectivity index (χ1n) is 6.20. The Morgan fingerprint density at radius 3 is 2.67 bits per heavy atom. The zero-order chi connectivity index (χ0) is 16.0. The van der Waals surface area contributed by atoms with Gasteiger partial charge in [0.05, 0.1) is 32.1 Å². The lowest BCUT2D eigenvalue weighted by atomic mass is 10.3. The van der Waals surface area contributed by atoms with Crippen LogP contribution in [0.25, 0.3) is 0 Å². The number of carboxylic acids is 1. The van der Waals surface area contributed by atoms with Crippen LogP contribution >= 0.6 is 7.14 Å². The summed E-state index contributed by atoms with van der Waals surface area (Å²) in [5.41, 5.74) is 0.109. The number of nitrogens with zero attached hydrogens (tertiary/aromatic N) is 2. The van der Waals surface area contributed by atoms with Crippen LogP contribution in [0.15, 0.2) is 12.5 Å². The second kappa shape index (κ2) is 7.35. The summed E-state index contributed by atoms with van der Waals surface area (Å²) in [6.07, 6.45) is 2.56. The van der Waals surface area contributed by atoms with Crippen molar-refractivity contribution >= 4 is 19.0 Å². The van der Waals surface area contributed by atoms with Gasteiger partial charge in [-0.05, 0) is 19.8 Å². The van der Waals surface area contributed by atoms with Gasteiger partial charge in [0.25, 0.3) is 5.91 Å². The van der Waals surface area contributed by atoms with Gasteiger partial charge in [-0.2, -0.15) is 0 Å². The summed E-state index contributed by atoms with van der Waals surface area (Å²) in [5, 5.41) is 21.5. The highest BCUT2D eigenvalue weighted by Crippen LogP contribution is 2.42. The number of nitrogens with one attached hydrogen (secondary N) is 2. The summed E-state index contributed by atoms with van der Waals surface area (Å²) in [7, 11) is -2.62. The molecule has 1 aromatic rings. The van der Waals surface area contributed by atoms with Crippen LogP contribution in [0, 0.1) is 0 Å². The molecule has 1 heterocycles. The van der Waals surface area contributed by atoms with Crippen molar-refractivity contribution in [1.29, 1.82) is 0 Å². The number of rotatable bonds is 8. The van der Waals surface area contributed by atoms with E-state index < -0.39 is 24.8 Å². The maximum Gasteiger partial charge on any atom is 0.303 e. The van der Waals surface area contributed by atoms with Crippen LogP contribution in [0.4, 0.5) is 0 Å². The molecule has 1 atom stereocenters. The number of amides is 1. The Bertz CT molecular complexity index is 527. The number of hydrogen-bond acceptors (Lipinski definition) is 6. The van der Waals surface area contributed by atoms with Crippen molar-refractivity contribution in [3.63, 3.8) is 0 Å². The Balaban J connectivity index is 2.58. The minimum atomic E-state index is -2.62. The van der Waals surface area contributed by atoms with E-state index >= 15 is 0 Å². The molecule has 9 nitrogen and oxygen atoms in total. The molecule has 0 saturated heterocycles. The summed E-state index contributed by atoms with van der Waals surface area (Å²) in [6, 6.07) is 0. The van der Waals surface area contributed by atoms with Gasteiger partial charge in [-0.3, -0.25) is 20.1 Å². The Morgan fingerprint density at radius 1 is 1.52 bits per heavy atom. The number of aliphatic carboxylic acids is 1. The van der Waals surface area contributed by atoms with E-state index in [1.165, 1.54) is 25.9 Å². The molecule has 0 aliphatic heterocycles. The fraction of sp³-hybridized carbons (Fsp3) is 0.545. The zero-order valence-electron chi connectivity index (χ0n) is 11.8. The van der Waals surface area contributed by atoms with Gasteiger partial charge >= 0.3 is 5.97 Å². The molecule has 0 aliphatic carbocycles. The molecular formula is C11H19N4O5P. The van der Waals surface area contributed by atoms with Crippen molar-refractivity contribution in [2.24, 2.45) is 0 Å². The molecule has 0 saturated carbocycles. The van der Waals surface area contributed by atoms with E-state index in [1.807, 2.05) is 0 Å². The van der Waals surface area contributed by atoms with Gasteiger partial charge in [-0.15, -0.1) is 0 Å². The molecule has 4 N–H and O–H groups in total. The van der Waals surface area contributed by atoms with E-state index in [2.05, 4.69) is 15.3 Å². The first kappa shape index (κ1) is 17.4. The van der Waals surface area contributed by atoms with Crippen molar-refractivity contribution in [3.8, 4) is 0 Å². The van der Waals surface area contributed by atoms with Crippen LogP contribution < -0.4 is 5.32 Å². The SMILES string of the molecule is CP(C)(=O)C(CCC(=O)O)NCN(O)C(=O)c1cnc[nH]1. The molecular weight excluding hydrogens is 299 g/mol. The lowest BCUT2D eigenvalue weighted by Gasteiger charge is -2.24. The Labute approximate surface area is 121 Å². The van der Waals surface area contributed by atoms with Gasteiger partial charge < -0.3 is 14.7 Å². The van der Waals surface area contributed by atoms with Gasteiger partial charge in [0, 0.05) is 6.42 Å². The quantitative estimate of drug-likeness (QED) is 0.238. The monoisotopic (exact) mass is 318 g/mol. The average Bonchev–Trinajstić information content (AvgIpc) is 2.89. The highest BCUT2D eigenvalue weighted by molar-refractivity contribution is 7.63. The average molecular weight is 318 g/mol. The third-order valence-electron chi connectivity index (χ3n) is 2.82. The molecule has 0 aliphatic rings. The van der Waals surface area contributed by atoms with Crippen LogP contribution in [0.1, 0.15) is 23.3 Å². The lowest BCUT2D eigenvalue weighted by molar-refractivity contribution is -0.137. The minimum Gasteiger partial charge on any atom is -0.481 e. The molecule has 118 valence electrons. The molecule has 1 aromatic heterocycles. The van der Waals surface area contributed by atoms with Crippen LogP contribution in [0.3, 0.4) is 0 Å². The van der Waals surface area contributed by atoms with Crippen molar-refractivity contribution in [2.45, 2.75) is 18.6 Å².